The van der Waals surface area contributed by atoms with Crippen molar-refractivity contribution in [3.05, 3.63) is 59.2 Å². The number of aliphatic hydroxyl groups excluding tert-OH is 1. The minimum Gasteiger partial charge on any atom is -0.461 e. The summed E-state index contributed by atoms with van der Waals surface area (Å²) in [7, 11) is 0. The Morgan fingerprint density at radius 3 is 2.82 bits per heavy atom. The number of aliphatic hydroxyl groups is 1. The summed E-state index contributed by atoms with van der Waals surface area (Å²) in [6.45, 7) is -0.0791. The van der Waals surface area contributed by atoms with Gasteiger partial charge in [0.1, 0.15) is 29.6 Å². The van der Waals surface area contributed by atoms with Gasteiger partial charge in [-0.25, -0.2) is 0 Å². The Kier molecular flexibility index (Phi) is 2.46. The molecule has 0 amide bonds. The van der Waals surface area contributed by atoms with Gasteiger partial charge in [-0.05, 0) is 18.2 Å². The largest absolute Gasteiger partial charge is 0.461 e. The number of benzene rings is 1. The number of fused-ring (bicyclic) bond motifs is 1. The van der Waals surface area contributed by atoms with Crippen molar-refractivity contribution in [1.29, 1.82) is 0 Å². The van der Waals surface area contributed by atoms with Gasteiger partial charge in [0.2, 0.25) is 0 Å². The Hall–Kier alpha value is -2.00. The fourth-order valence-electron chi connectivity index (χ4n) is 1.91. The summed E-state index contributed by atoms with van der Waals surface area (Å²) in [4.78, 5) is 0. The molecule has 1 aliphatic rings. The van der Waals surface area contributed by atoms with Gasteiger partial charge in [0.15, 0.2) is 0 Å². The van der Waals surface area contributed by atoms with Crippen LogP contribution >= 0.6 is 0 Å². The van der Waals surface area contributed by atoms with E-state index in [-0.39, 0.29) is 6.61 Å². The van der Waals surface area contributed by atoms with Gasteiger partial charge in [-0.1, -0.05) is 18.2 Å². The van der Waals surface area contributed by atoms with E-state index in [2.05, 4.69) is 6.07 Å². The zero-order chi connectivity index (χ0) is 11.7. The number of ether oxygens (including phenoxy) is 1. The summed E-state index contributed by atoms with van der Waals surface area (Å²) in [5, 5.41) is 8.91. The highest BCUT2D eigenvalue weighted by atomic mass is 16.5. The molecule has 0 unspecified atom stereocenters. The van der Waals surface area contributed by atoms with Crippen LogP contribution < -0.4 is 4.74 Å². The smallest absolute Gasteiger partial charge is 0.130 e. The Morgan fingerprint density at radius 2 is 2.06 bits per heavy atom. The quantitative estimate of drug-likeness (QED) is 0.859. The number of hydrogen-bond acceptors (Lipinski definition) is 3. The first kappa shape index (κ1) is 10.2. The van der Waals surface area contributed by atoms with E-state index in [0.717, 1.165) is 17.9 Å². The van der Waals surface area contributed by atoms with Crippen LogP contribution in [-0.2, 0) is 13.0 Å². The predicted molar refractivity (Wildman–Crippen MR) is 63.4 cm³/mol. The van der Waals surface area contributed by atoms with Crippen molar-refractivity contribution >= 4 is 6.08 Å². The Bertz CT molecular complexity index is 539. The second-order valence-corrected chi connectivity index (χ2v) is 3.96. The van der Waals surface area contributed by atoms with Crippen molar-refractivity contribution < 1.29 is 14.3 Å². The third-order valence-electron chi connectivity index (χ3n) is 2.72. The Morgan fingerprint density at radius 1 is 1.18 bits per heavy atom. The van der Waals surface area contributed by atoms with Crippen LogP contribution in [0.2, 0.25) is 0 Å². The van der Waals surface area contributed by atoms with Crippen LogP contribution in [0.4, 0.5) is 0 Å². The van der Waals surface area contributed by atoms with Crippen LogP contribution in [0.25, 0.3) is 6.08 Å². The molecule has 1 N–H and O–H groups in total. The van der Waals surface area contributed by atoms with Crippen LogP contribution in [0, 0.1) is 0 Å². The fraction of sp³-hybridized carbons (Fsp3) is 0.143. The molecular formula is C14H12O3. The van der Waals surface area contributed by atoms with E-state index >= 15 is 0 Å². The molecule has 1 aliphatic heterocycles. The lowest BCUT2D eigenvalue weighted by Gasteiger charge is -1.97. The molecule has 0 bridgehead atoms. The van der Waals surface area contributed by atoms with Gasteiger partial charge in [-0.15, -0.1) is 0 Å². The summed E-state index contributed by atoms with van der Waals surface area (Å²) in [5.41, 5.74) is 1.19. The molecule has 0 aliphatic carbocycles. The van der Waals surface area contributed by atoms with Gasteiger partial charge >= 0.3 is 0 Å². The lowest BCUT2D eigenvalue weighted by Crippen LogP contribution is -1.86. The van der Waals surface area contributed by atoms with E-state index in [0.29, 0.717) is 11.5 Å². The van der Waals surface area contributed by atoms with E-state index in [1.54, 1.807) is 6.07 Å². The molecule has 0 fully saturated rings. The number of furan rings is 1. The van der Waals surface area contributed by atoms with E-state index in [9.17, 15) is 0 Å². The van der Waals surface area contributed by atoms with E-state index in [1.807, 2.05) is 30.3 Å². The molecule has 0 atom stereocenters. The van der Waals surface area contributed by atoms with Crippen molar-refractivity contribution in [2.75, 3.05) is 0 Å². The van der Waals surface area contributed by atoms with Crippen LogP contribution in [0.15, 0.2) is 46.6 Å². The van der Waals surface area contributed by atoms with Gasteiger partial charge in [0.25, 0.3) is 0 Å². The highest BCUT2D eigenvalue weighted by molar-refractivity contribution is 5.52. The molecule has 2 heterocycles. The maximum absolute atomic E-state index is 8.91. The first-order valence-corrected chi connectivity index (χ1v) is 5.51. The first-order chi connectivity index (χ1) is 8.35. The van der Waals surface area contributed by atoms with Crippen molar-refractivity contribution in [3.63, 3.8) is 0 Å². The average Bonchev–Trinajstić information content (AvgIpc) is 2.94. The second-order valence-electron chi connectivity index (χ2n) is 3.96. The minimum atomic E-state index is -0.0791. The zero-order valence-electron chi connectivity index (χ0n) is 9.22. The lowest BCUT2D eigenvalue weighted by atomic mass is 10.1. The van der Waals surface area contributed by atoms with Crippen LogP contribution in [0.5, 0.6) is 5.75 Å². The molecule has 0 saturated carbocycles. The first-order valence-electron chi connectivity index (χ1n) is 5.51. The topological polar surface area (TPSA) is 42.6 Å². The lowest BCUT2D eigenvalue weighted by molar-refractivity contribution is 0.246. The molecule has 0 radical (unpaired) electrons. The maximum Gasteiger partial charge on any atom is 0.130 e. The predicted octanol–water partition coefficient (Wildman–Crippen LogP) is 2.75. The SMILES string of the molecule is OCc1ccc(/C=C2/Cc3ccccc3O2)o1. The number of hydrogen-bond donors (Lipinski definition) is 1. The Labute approximate surface area is 99.0 Å². The van der Waals surface area contributed by atoms with Gasteiger partial charge < -0.3 is 14.3 Å². The highest BCUT2D eigenvalue weighted by Gasteiger charge is 2.16. The van der Waals surface area contributed by atoms with Crippen LogP contribution in [0.1, 0.15) is 17.1 Å². The van der Waals surface area contributed by atoms with Crippen molar-refractivity contribution in [3.8, 4) is 5.75 Å². The van der Waals surface area contributed by atoms with Gasteiger partial charge in [-0.3, -0.25) is 0 Å². The fourth-order valence-corrected chi connectivity index (χ4v) is 1.91. The molecule has 86 valence electrons. The molecule has 1 aromatic heterocycles. The molecule has 1 aromatic carbocycles. The monoisotopic (exact) mass is 228 g/mol. The van der Waals surface area contributed by atoms with Gasteiger partial charge in [0, 0.05) is 18.1 Å². The Balaban J connectivity index is 1.84. The molecule has 3 nitrogen and oxygen atoms in total. The summed E-state index contributed by atoms with van der Waals surface area (Å²) < 4.78 is 11.1. The van der Waals surface area contributed by atoms with Crippen LogP contribution in [-0.4, -0.2) is 5.11 Å². The molecule has 0 spiro atoms. The average molecular weight is 228 g/mol. The number of allylic oxidation sites excluding steroid dienone is 1. The third-order valence-corrected chi connectivity index (χ3v) is 2.72. The number of rotatable bonds is 2. The van der Waals surface area contributed by atoms with Gasteiger partial charge in [-0.2, -0.15) is 0 Å². The molecule has 2 aromatic rings. The van der Waals surface area contributed by atoms with E-state index in [4.69, 9.17) is 14.3 Å². The maximum atomic E-state index is 8.91. The third kappa shape index (κ3) is 1.97. The summed E-state index contributed by atoms with van der Waals surface area (Å²) in [5.74, 6) is 3.04. The summed E-state index contributed by atoms with van der Waals surface area (Å²) in [6.07, 6.45) is 2.64. The molecule has 3 heteroatoms. The van der Waals surface area contributed by atoms with E-state index < -0.39 is 0 Å². The highest BCUT2D eigenvalue weighted by Crippen LogP contribution is 2.31. The van der Waals surface area contributed by atoms with Crippen molar-refractivity contribution in [1.82, 2.24) is 0 Å². The van der Waals surface area contributed by atoms with Crippen LogP contribution in [0.3, 0.4) is 0 Å². The van der Waals surface area contributed by atoms with E-state index in [1.165, 1.54) is 5.56 Å². The summed E-state index contributed by atoms with van der Waals surface area (Å²) >= 11 is 0. The summed E-state index contributed by atoms with van der Waals surface area (Å²) in [6, 6.07) is 11.6. The minimum absolute atomic E-state index is 0.0791. The number of para-hydroxylation sites is 1. The van der Waals surface area contributed by atoms with Crippen molar-refractivity contribution in [2.24, 2.45) is 0 Å². The normalized spacial score (nSPS) is 15.9. The standard InChI is InChI=1S/C14H12O3/c15-9-12-6-5-11(16-12)8-13-7-10-3-1-2-4-14(10)17-13/h1-6,8,15H,7,9H2/b13-8-. The molecule has 3 rings (SSSR count). The van der Waals surface area contributed by atoms with Gasteiger partial charge in [0.05, 0.1) is 0 Å². The molecular weight excluding hydrogens is 216 g/mol. The van der Waals surface area contributed by atoms with Crippen molar-refractivity contribution in [2.45, 2.75) is 13.0 Å². The second kappa shape index (κ2) is 4.11. The molecule has 17 heavy (non-hydrogen) atoms. The zero-order valence-corrected chi connectivity index (χ0v) is 9.22. The molecule has 0 saturated heterocycles.